The number of likely N-dealkylation sites (tertiary alicyclic amines) is 1. The molecule has 0 aliphatic carbocycles. The zero-order chi connectivity index (χ0) is 22.3. The second kappa shape index (κ2) is 10.2. The molecule has 4 rings (SSSR count). The smallest absolute Gasteiger partial charge is 0.323 e. The van der Waals surface area contributed by atoms with E-state index in [9.17, 15) is 4.39 Å². The molecule has 0 radical (unpaired) electrons. The molecule has 11 heteroatoms. The Kier molecular flexibility index (Phi) is 6.95. The van der Waals surface area contributed by atoms with Crippen molar-refractivity contribution in [2.45, 2.75) is 32.4 Å². The summed E-state index contributed by atoms with van der Waals surface area (Å²) in [6, 6.07) is 5.03. The monoisotopic (exact) mass is 443 g/mol. The highest BCUT2D eigenvalue weighted by Crippen LogP contribution is 2.24. The number of hydrogen-bond acceptors (Lipinski definition) is 10. The lowest BCUT2D eigenvalue weighted by molar-refractivity contribution is 0.250. The Morgan fingerprint density at radius 1 is 1.25 bits per heavy atom. The van der Waals surface area contributed by atoms with Gasteiger partial charge in [0.15, 0.2) is 30.3 Å². The van der Waals surface area contributed by atoms with Gasteiger partial charge in [-0.3, -0.25) is 4.90 Å². The molecule has 1 aliphatic heterocycles. The van der Waals surface area contributed by atoms with Crippen LogP contribution in [0.2, 0.25) is 0 Å². The highest BCUT2D eigenvalue weighted by Gasteiger charge is 2.23. The Labute approximate surface area is 185 Å². The van der Waals surface area contributed by atoms with Crippen molar-refractivity contribution in [3.05, 3.63) is 42.4 Å². The number of halogens is 1. The van der Waals surface area contributed by atoms with Crippen LogP contribution in [0.15, 0.2) is 35.2 Å². The van der Waals surface area contributed by atoms with Gasteiger partial charge in [0.2, 0.25) is 11.9 Å². The summed E-state index contributed by atoms with van der Waals surface area (Å²) in [5.41, 5.74) is 0.467. The number of hydrogen-bond donors (Lipinski definition) is 2. The zero-order valence-corrected chi connectivity index (χ0v) is 18.0. The molecule has 32 heavy (non-hydrogen) atoms. The molecule has 1 atom stereocenters. The van der Waals surface area contributed by atoms with Gasteiger partial charge >= 0.3 is 6.01 Å². The summed E-state index contributed by atoms with van der Waals surface area (Å²) in [4.78, 5) is 19.4. The average molecular weight is 443 g/mol. The summed E-state index contributed by atoms with van der Waals surface area (Å²) in [6.45, 7) is 5.08. The Morgan fingerprint density at radius 3 is 2.88 bits per heavy atom. The highest BCUT2D eigenvalue weighted by molar-refractivity contribution is 5.56. The van der Waals surface area contributed by atoms with Crippen LogP contribution in [0, 0.1) is 5.82 Å². The Morgan fingerprint density at radius 2 is 2.12 bits per heavy atom. The number of oxazole rings is 1. The van der Waals surface area contributed by atoms with Gasteiger partial charge < -0.3 is 24.5 Å². The van der Waals surface area contributed by atoms with Gasteiger partial charge in [0, 0.05) is 24.3 Å². The lowest BCUT2D eigenvalue weighted by Crippen LogP contribution is -2.35. The fourth-order valence-electron chi connectivity index (χ4n) is 3.63. The van der Waals surface area contributed by atoms with Crippen molar-refractivity contribution in [2.75, 3.05) is 37.4 Å². The molecule has 3 aromatic rings. The summed E-state index contributed by atoms with van der Waals surface area (Å²) < 4.78 is 29.9. The molecule has 0 amide bonds. The van der Waals surface area contributed by atoms with Gasteiger partial charge in [-0.05, 0) is 38.1 Å². The lowest BCUT2D eigenvalue weighted by atomic mass is 10.2. The van der Waals surface area contributed by atoms with E-state index in [2.05, 4.69) is 42.4 Å². The molecule has 2 N–H and O–H groups in total. The second-order valence-electron chi connectivity index (χ2n) is 7.30. The van der Waals surface area contributed by atoms with Crippen molar-refractivity contribution in [3.8, 4) is 11.8 Å². The molecule has 1 aromatic carbocycles. The molecule has 2 aromatic heterocycles. The number of benzene rings is 1. The van der Waals surface area contributed by atoms with E-state index < -0.39 is 5.82 Å². The number of rotatable bonds is 10. The third-order valence-electron chi connectivity index (χ3n) is 5.25. The van der Waals surface area contributed by atoms with Crippen LogP contribution in [0.4, 0.5) is 22.0 Å². The van der Waals surface area contributed by atoms with Crippen LogP contribution in [-0.4, -0.2) is 57.6 Å². The van der Waals surface area contributed by atoms with Crippen molar-refractivity contribution in [1.29, 1.82) is 0 Å². The van der Waals surface area contributed by atoms with Gasteiger partial charge in [-0.25, -0.2) is 9.37 Å². The molecular formula is C21H26FN7O3. The van der Waals surface area contributed by atoms with Crippen molar-refractivity contribution < 1.29 is 18.3 Å². The zero-order valence-electron chi connectivity index (χ0n) is 18.0. The summed E-state index contributed by atoms with van der Waals surface area (Å²) in [7, 11) is 1.41. The molecule has 1 unspecified atom stereocenters. The first-order valence-electron chi connectivity index (χ1n) is 10.5. The van der Waals surface area contributed by atoms with E-state index in [-0.39, 0.29) is 24.3 Å². The van der Waals surface area contributed by atoms with Crippen molar-refractivity contribution in [2.24, 2.45) is 0 Å². The van der Waals surface area contributed by atoms with Gasteiger partial charge in [0.1, 0.15) is 0 Å². The maximum Gasteiger partial charge on any atom is 0.323 e. The molecule has 3 heterocycles. The van der Waals surface area contributed by atoms with E-state index in [0.717, 1.165) is 19.5 Å². The standard InChI is InChI=1S/C21H26FN7O3/c1-3-29-8-4-5-15(29)10-24-19-26-20(25-14-6-7-18(30-2)17(22)9-14)28-21(27-19)31-12-16-11-23-13-32-16/h6-7,9,11,13,15H,3-5,8,10,12H2,1-2H3,(H2,24,25,26,27,28). The number of anilines is 3. The Balaban J connectivity index is 1.51. The van der Waals surface area contributed by atoms with Gasteiger partial charge in [-0.1, -0.05) is 6.92 Å². The van der Waals surface area contributed by atoms with Gasteiger partial charge in [0.25, 0.3) is 0 Å². The minimum Gasteiger partial charge on any atom is -0.494 e. The molecule has 1 fully saturated rings. The topological polar surface area (TPSA) is 110 Å². The molecular weight excluding hydrogens is 417 g/mol. The molecule has 0 saturated carbocycles. The highest BCUT2D eigenvalue weighted by atomic mass is 19.1. The van der Waals surface area contributed by atoms with Gasteiger partial charge in [0.05, 0.1) is 13.3 Å². The van der Waals surface area contributed by atoms with E-state index in [1.165, 1.54) is 32.1 Å². The van der Waals surface area contributed by atoms with E-state index in [1.54, 1.807) is 12.3 Å². The minimum absolute atomic E-state index is 0.106. The van der Waals surface area contributed by atoms with E-state index in [4.69, 9.17) is 13.9 Å². The summed E-state index contributed by atoms with van der Waals surface area (Å²) in [5, 5.41) is 6.28. The second-order valence-corrected chi connectivity index (χ2v) is 7.30. The van der Waals surface area contributed by atoms with Crippen molar-refractivity contribution in [3.63, 3.8) is 0 Å². The predicted octanol–water partition coefficient (Wildman–Crippen LogP) is 3.23. The van der Waals surface area contributed by atoms with E-state index >= 15 is 0 Å². The molecule has 0 bridgehead atoms. The van der Waals surface area contributed by atoms with Crippen LogP contribution in [0.25, 0.3) is 0 Å². The van der Waals surface area contributed by atoms with Crippen LogP contribution < -0.4 is 20.1 Å². The molecule has 170 valence electrons. The number of methoxy groups -OCH3 is 1. The predicted molar refractivity (Wildman–Crippen MR) is 116 cm³/mol. The molecule has 0 spiro atoms. The van der Waals surface area contributed by atoms with Crippen molar-refractivity contribution >= 4 is 17.6 Å². The quantitative estimate of drug-likeness (QED) is 0.484. The number of ether oxygens (including phenoxy) is 2. The van der Waals surface area contributed by atoms with Gasteiger partial charge in [-0.15, -0.1) is 0 Å². The molecule has 1 aliphatic rings. The number of likely N-dealkylation sites (N-methyl/N-ethyl adjacent to an activating group) is 1. The Hall–Kier alpha value is -3.47. The lowest BCUT2D eigenvalue weighted by Gasteiger charge is -2.23. The first kappa shape index (κ1) is 21.8. The first-order valence-corrected chi connectivity index (χ1v) is 10.5. The summed E-state index contributed by atoms with van der Waals surface area (Å²) >= 11 is 0. The molecule has 10 nitrogen and oxygen atoms in total. The fourth-order valence-corrected chi connectivity index (χ4v) is 3.63. The van der Waals surface area contributed by atoms with Crippen LogP contribution in [0.3, 0.4) is 0 Å². The van der Waals surface area contributed by atoms with Gasteiger partial charge in [-0.2, -0.15) is 15.0 Å². The third-order valence-corrected chi connectivity index (χ3v) is 5.25. The Bertz CT molecular complexity index is 1020. The van der Waals surface area contributed by atoms with E-state index in [0.29, 0.717) is 30.0 Å². The van der Waals surface area contributed by atoms with E-state index in [1.807, 2.05) is 0 Å². The minimum atomic E-state index is -0.493. The maximum atomic E-state index is 14.1. The largest absolute Gasteiger partial charge is 0.494 e. The van der Waals surface area contributed by atoms with Crippen LogP contribution >= 0.6 is 0 Å². The summed E-state index contributed by atoms with van der Waals surface area (Å²) in [5.74, 6) is 0.788. The van der Waals surface area contributed by atoms with Crippen LogP contribution in [-0.2, 0) is 6.61 Å². The average Bonchev–Trinajstić information content (AvgIpc) is 3.48. The first-order chi connectivity index (χ1) is 15.6. The fraction of sp³-hybridized carbons (Fsp3) is 0.429. The van der Waals surface area contributed by atoms with Crippen LogP contribution in [0.1, 0.15) is 25.5 Å². The van der Waals surface area contributed by atoms with Crippen molar-refractivity contribution in [1.82, 2.24) is 24.8 Å². The number of nitrogens with zero attached hydrogens (tertiary/aromatic N) is 5. The number of nitrogens with one attached hydrogen (secondary N) is 2. The molecule has 1 saturated heterocycles. The van der Waals surface area contributed by atoms with Crippen LogP contribution in [0.5, 0.6) is 11.8 Å². The third kappa shape index (κ3) is 5.41. The normalized spacial score (nSPS) is 16.2. The summed E-state index contributed by atoms with van der Waals surface area (Å²) in [6.07, 6.45) is 5.18. The maximum absolute atomic E-state index is 14.1. The SMILES string of the molecule is CCN1CCCC1CNc1nc(Nc2ccc(OC)c(F)c2)nc(OCc2cnco2)n1. The number of aromatic nitrogens is 4.